The zero-order valence-electron chi connectivity index (χ0n) is 18.1. The van der Waals surface area contributed by atoms with Crippen LogP contribution in [0.25, 0.3) is 5.57 Å². The maximum Gasteiger partial charge on any atom is 0.203 e. The van der Waals surface area contributed by atoms with Crippen LogP contribution in [0.3, 0.4) is 0 Å². The lowest BCUT2D eigenvalue weighted by Crippen LogP contribution is -2.15. The predicted molar refractivity (Wildman–Crippen MR) is 114 cm³/mol. The molecule has 0 saturated carbocycles. The molecular formula is C23H28O7. The third kappa shape index (κ3) is 3.73. The number of ether oxygens (including phenoxy) is 6. The van der Waals surface area contributed by atoms with Gasteiger partial charge >= 0.3 is 0 Å². The van der Waals surface area contributed by atoms with Crippen molar-refractivity contribution in [1.82, 2.24) is 0 Å². The van der Waals surface area contributed by atoms with E-state index < -0.39 is 6.10 Å². The van der Waals surface area contributed by atoms with Gasteiger partial charge in [0.05, 0.1) is 48.8 Å². The lowest BCUT2D eigenvalue weighted by atomic mass is 9.90. The van der Waals surface area contributed by atoms with E-state index in [1.165, 1.54) is 0 Å². The molecule has 0 radical (unpaired) electrons. The van der Waals surface area contributed by atoms with Gasteiger partial charge < -0.3 is 33.5 Å². The summed E-state index contributed by atoms with van der Waals surface area (Å²) in [5.41, 5.74) is 2.51. The fourth-order valence-electron chi connectivity index (χ4n) is 3.89. The monoisotopic (exact) mass is 416 g/mol. The van der Waals surface area contributed by atoms with Crippen LogP contribution in [0.4, 0.5) is 0 Å². The molecule has 30 heavy (non-hydrogen) atoms. The molecule has 7 heteroatoms. The van der Waals surface area contributed by atoms with Crippen molar-refractivity contribution in [3.8, 4) is 34.5 Å². The van der Waals surface area contributed by atoms with Crippen LogP contribution in [0, 0.1) is 0 Å². The molecule has 0 spiro atoms. The van der Waals surface area contributed by atoms with Crippen molar-refractivity contribution >= 4 is 5.57 Å². The van der Waals surface area contributed by atoms with Crippen LogP contribution in [-0.2, 0) is 0 Å². The van der Waals surface area contributed by atoms with Crippen molar-refractivity contribution < 1.29 is 33.5 Å². The third-order valence-electron chi connectivity index (χ3n) is 5.40. The molecule has 0 saturated heterocycles. The van der Waals surface area contributed by atoms with Gasteiger partial charge in [0.1, 0.15) is 0 Å². The zero-order chi connectivity index (χ0) is 21.8. The molecule has 162 valence electrons. The van der Waals surface area contributed by atoms with E-state index in [9.17, 15) is 5.11 Å². The summed E-state index contributed by atoms with van der Waals surface area (Å²) in [7, 11) is 9.41. The number of aliphatic hydroxyl groups is 1. The standard InChI is InChI=1S/C23H28O7/c1-25-17-9-13(10-18(26-2)22(17)29-5)15-7-8-16(21(15)24)14-11-19(27-3)23(30-6)20(12-14)28-4/h7,9-12,16,21,24H,8H2,1-6H3/t16-,21-/m0/s1. The van der Waals surface area contributed by atoms with Crippen LogP contribution in [0.5, 0.6) is 34.5 Å². The number of benzene rings is 2. The number of aliphatic hydroxyl groups excluding tert-OH is 1. The van der Waals surface area contributed by atoms with Crippen LogP contribution in [0.2, 0.25) is 0 Å². The Labute approximate surface area is 176 Å². The van der Waals surface area contributed by atoms with Crippen molar-refractivity contribution in [3.63, 3.8) is 0 Å². The van der Waals surface area contributed by atoms with Crippen LogP contribution in [-0.4, -0.2) is 53.9 Å². The highest BCUT2D eigenvalue weighted by molar-refractivity contribution is 5.76. The largest absolute Gasteiger partial charge is 0.493 e. The summed E-state index contributed by atoms with van der Waals surface area (Å²) in [6.45, 7) is 0. The average Bonchev–Trinajstić information content (AvgIpc) is 3.17. The first kappa shape index (κ1) is 21.6. The topological polar surface area (TPSA) is 75.6 Å². The first-order valence-electron chi connectivity index (χ1n) is 9.51. The minimum atomic E-state index is -0.726. The van der Waals surface area contributed by atoms with Gasteiger partial charge in [-0.1, -0.05) is 6.08 Å². The van der Waals surface area contributed by atoms with Gasteiger partial charge in [0.25, 0.3) is 0 Å². The SMILES string of the molecule is COc1cc(C2=CC[C@@H](c3cc(OC)c(OC)c(OC)c3)[C@H]2O)cc(OC)c1OC. The minimum Gasteiger partial charge on any atom is -0.493 e. The Hall–Kier alpha value is -3.06. The van der Waals surface area contributed by atoms with E-state index in [1.54, 1.807) is 42.7 Å². The molecule has 0 amide bonds. The third-order valence-corrected chi connectivity index (χ3v) is 5.40. The van der Waals surface area contributed by atoms with E-state index in [0.29, 0.717) is 40.9 Å². The molecule has 7 nitrogen and oxygen atoms in total. The molecule has 0 aliphatic heterocycles. The fraction of sp³-hybridized carbons (Fsp3) is 0.391. The second-order valence-electron chi connectivity index (χ2n) is 6.82. The van der Waals surface area contributed by atoms with Crippen LogP contribution >= 0.6 is 0 Å². The normalized spacial score (nSPS) is 17.9. The first-order valence-corrected chi connectivity index (χ1v) is 9.51. The summed E-state index contributed by atoms with van der Waals surface area (Å²) in [6, 6.07) is 7.43. The van der Waals surface area contributed by atoms with Crippen LogP contribution in [0.1, 0.15) is 23.5 Å². The highest BCUT2D eigenvalue weighted by Gasteiger charge is 2.32. The lowest BCUT2D eigenvalue weighted by molar-refractivity contribution is 0.208. The molecular weight excluding hydrogens is 388 g/mol. The molecule has 1 aliphatic rings. The van der Waals surface area contributed by atoms with Gasteiger partial charge in [0.2, 0.25) is 11.5 Å². The van der Waals surface area contributed by atoms with Gasteiger partial charge in [-0.15, -0.1) is 0 Å². The highest BCUT2D eigenvalue weighted by Crippen LogP contribution is 2.47. The average molecular weight is 416 g/mol. The maximum absolute atomic E-state index is 11.2. The van der Waals surface area contributed by atoms with Gasteiger partial charge in [-0.05, 0) is 47.4 Å². The summed E-state index contributed by atoms with van der Waals surface area (Å²) in [5.74, 6) is 3.06. The van der Waals surface area contributed by atoms with Gasteiger partial charge in [0, 0.05) is 5.92 Å². The summed E-state index contributed by atoms with van der Waals surface area (Å²) < 4.78 is 32.6. The van der Waals surface area contributed by atoms with Gasteiger partial charge in [-0.25, -0.2) is 0 Å². The van der Waals surface area contributed by atoms with Gasteiger partial charge in [0.15, 0.2) is 23.0 Å². The molecule has 2 atom stereocenters. The van der Waals surface area contributed by atoms with Crippen LogP contribution in [0.15, 0.2) is 30.3 Å². The molecule has 1 aliphatic carbocycles. The van der Waals surface area contributed by atoms with Crippen LogP contribution < -0.4 is 28.4 Å². The summed E-state index contributed by atoms with van der Waals surface area (Å²) in [5, 5.41) is 11.2. The molecule has 0 bridgehead atoms. The Morgan fingerprint density at radius 2 is 1.10 bits per heavy atom. The Morgan fingerprint density at radius 3 is 1.50 bits per heavy atom. The number of hydrogen-bond donors (Lipinski definition) is 1. The number of hydrogen-bond acceptors (Lipinski definition) is 7. The molecule has 2 aromatic rings. The lowest BCUT2D eigenvalue weighted by Gasteiger charge is -2.22. The predicted octanol–water partition coefficient (Wildman–Crippen LogP) is 3.67. The zero-order valence-corrected chi connectivity index (χ0v) is 18.1. The molecule has 0 aromatic heterocycles. The maximum atomic E-state index is 11.2. The van der Waals surface area contributed by atoms with Crippen molar-refractivity contribution in [3.05, 3.63) is 41.5 Å². The Kier molecular flexibility index (Phi) is 6.62. The molecule has 1 N–H and O–H groups in total. The van der Waals surface area contributed by atoms with Crippen molar-refractivity contribution in [1.29, 1.82) is 0 Å². The number of rotatable bonds is 8. The van der Waals surface area contributed by atoms with Gasteiger partial charge in [-0.2, -0.15) is 0 Å². The molecule has 0 heterocycles. The van der Waals surface area contributed by atoms with Crippen molar-refractivity contribution in [2.75, 3.05) is 42.7 Å². The summed E-state index contributed by atoms with van der Waals surface area (Å²) in [4.78, 5) is 0. The smallest absolute Gasteiger partial charge is 0.203 e. The second kappa shape index (κ2) is 9.17. The van der Waals surface area contributed by atoms with Gasteiger partial charge in [-0.3, -0.25) is 0 Å². The van der Waals surface area contributed by atoms with E-state index in [1.807, 2.05) is 30.3 Å². The number of methoxy groups -OCH3 is 6. The number of allylic oxidation sites excluding steroid dienone is 1. The van der Waals surface area contributed by atoms with E-state index in [-0.39, 0.29) is 5.92 Å². The first-order chi connectivity index (χ1) is 14.5. The Bertz CT molecular complexity index is 885. The fourth-order valence-corrected chi connectivity index (χ4v) is 3.89. The summed E-state index contributed by atoms with van der Waals surface area (Å²) >= 11 is 0. The van der Waals surface area contributed by atoms with Crippen molar-refractivity contribution in [2.45, 2.75) is 18.4 Å². The Balaban J connectivity index is 1.98. The van der Waals surface area contributed by atoms with Crippen molar-refractivity contribution in [2.24, 2.45) is 0 Å². The minimum absolute atomic E-state index is 0.159. The van der Waals surface area contributed by atoms with E-state index in [0.717, 1.165) is 16.7 Å². The summed E-state index contributed by atoms with van der Waals surface area (Å²) in [6.07, 6.45) is 1.96. The molecule has 3 rings (SSSR count). The Morgan fingerprint density at radius 1 is 0.667 bits per heavy atom. The van der Waals surface area contributed by atoms with E-state index in [4.69, 9.17) is 28.4 Å². The van der Waals surface area contributed by atoms with E-state index in [2.05, 4.69) is 0 Å². The molecule has 0 fully saturated rings. The molecule has 0 unspecified atom stereocenters. The second-order valence-corrected chi connectivity index (χ2v) is 6.82. The highest BCUT2D eigenvalue weighted by atomic mass is 16.5. The molecule has 2 aromatic carbocycles. The van der Waals surface area contributed by atoms with E-state index >= 15 is 0 Å². The quantitative estimate of drug-likeness (QED) is 0.704.